The molecule has 3 aromatic rings. The zero-order valence-electron chi connectivity index (χ0n) is 14.0. The van der Waals surface area contributed by atoms with Crippen molar-refractivity contribution in [2.45, 2.75) is 32.0 Å². The van der Waals surface area contributed by atoms with Crippen molar-refractivity contribution >= 4 is 34.0 Å². The molecule has 0 heterocycles. The van der Waals surface area contributed by atoms with Crippen molar-refractivity contribution in [1.82, 2.24) is 5.32 Å². The molecule has 3 rings (SSSR count). The number of halogens is 1. The molecule has 0 bridgehead atoms. The summed E-state index contributed by atoms with van der Waals surface area (Å²) in [5, 5.41) is 27.7. The quantitative estimate of drug-likeness (QED) is 0.619. The first kappa shape index (κ1) is 18.7. The summed E-state index contributed by atoms with van der Waals surface area (Å²) in [5.41, 5.74) is 0.451. The largest absolute Gasteiger partial charge is 0.394 e. The molecule has 128 valence electrons. The Morgan fingerprint density at radius 3 is 2.21 bits per heavy atom. The van der Waals surface area contributed by atoms with Gasteiger partial charge in [-0.15, -0.1) is 12.4 Å². The topological polar surface area (TPSA) is 52.5 Å². The van der Waals surface area contributed by atoms with Gasteiger partial charge in [0.15, 0.2) is 0 Å². The van der Waals surface area contributed by atoms with Gasteiger partial charge >= 0.3 is 0 Å². The third-order valence-corrected chi connectivity index (χ3v) is 4.79. The Hall–Kier alpha value is -1.65. The second-order valence-corrected chi connectivity index (χ2v) is 6.41. The maximum absolute atomic E-state index is 9.91. The molecule has 0 amide bonds. The Morgan fingerprint density at radius 1 is 1.00 bits per heavy atom. The van der Waals surface area contributed by atoms with Crippen molar-refractivity contribution in [3.63, 3.8) is 0 Å². The molecule has 3 N–H and O–H groups in total. The summed E-state index contributed by atoms with van der Waals surface area (Å²) in [5.74, 6) is 0. The van der Waals surface area contributed by atoms with Gasteiger partial charge in [0.05, 0.1) is 18.2 Å². The summed E-state index contributed by atoms with van der Waals surface area (Å²) in [6.07, 6.45) is -0.640. The van der Waals surface area contributed by atoms with Gasteiger partial charge in [-0.05, 0) is 47.0 Å². The van der Waals surface area contributed by atoms with E-state index in [9.17, 15) is 10.2 Å². The van der Waals surface area contributed by atoms with Crippen molar-refractivity contribution in [2.75, 3.05) is 6.61 Å². The van der Waals surface area contributed by atoms with Crippen molar-refractivity contribution in [3.8, 4) is 0 Å². The molecule has 0 aliphatic heterocycles. The van der Waals surface area contributed by atoms with Crippen LogP contribution < -0.4 is 5.32 Å². The molecule has 2 unspecified atom stereocenters. The summed E-state index contributed by atoms with van der Waals surface area (Å²) in [7, 11) is 0. The monoisotopic (exact) mass is 345 g/mol. The van der Waals surface area contributed by atoms with E-state index < -0.39 is 11.6 Å². The molecule has 0 radical (unpaired) electrons. The molecule has 0 aliphatic carbocycles. The van der Waals surface area contributed by atoms with Crippen LogP contribution in [-0.4, -0.2) is 28.5 Å². The predicted molar refractivity (Wildman–Crippen MR) is 103 cm³/mol. The Morgan fingerprint density at radius 2 is 1.58 bits per heavy atom. The first-order valence-corrected chi connectivity index (χ1v) is 7.98. The average Bonchev–Trinajstić information content (AvgIpc) is 2.59. The summed E-state index contributed by atoms with van der Waals surface area (Å²) in [4.78, 5) is 0. The Labute approximate surface area is 148 Å². The number of fused-ring (bicyclic) bond motifs is 3. The number of aliphatic hydroxyl groups is 2. The zero-order valence-corrected chi connectivity index (χ0v) is 14.8. The lowest BCUT2D eigenvalue weighted by Gasteiger charge is -2.32. The molecule has 3 aromatic carbocycles. The van der Waals surface area contributed by atoms with E-state index in [0.29, 0.717) is 6.54 Å². The first-order valence-electron chi connectivity index (χ1n) is 7.98. The molecule has 4 heteroatoms. The maximum atomic E-state index is 9.91. The maximum Gasteiger partial charge on any atom is 0.0713 e. The van der Waals surface area contributed by atoms with E-state index in [1.54, 1.807) is 6.92 Å². The summed E-state index contributed by atoms with van der Waals surface area (Å²) < 4.78 is 0. The fraction of sp³-hybridized carbons (Fsp3) is 0.300. The highest BCUT2D eigenvalue weighted by Gasteiger charge is 2.28. The van der Waals surface area contributed by atoms with Gasteiger partial charge in [0.2, 0.25) is 0 Å². The lowest BCUT2D eigenvalue weighted by atomic mass is 9.94. The Bertz CT molecular complexity index is 834. The second-order valence-electron chi connectivity index (χ2n) is 6.41. The van der Waals surface area contributed by atoms with Crippen molar-refractivity contribution in [3.05, 3.63) is 60.2 Å². The highest BCUT2D eigenvalue weighted by Crippen LogP contribution is 2.29. The van der Waals surface area contributed by atoms with Gasteiger partial charge in [-0.3, -0.25) is 0 Å². The molecule has 0 fully saturated rings. The molecule has 24 heavy (non-hydrogen) atoms. The van der Waals surface area contributed by atoms with Crippen molar-refractivity contribution in [1.29, 1.82) is 0 Å². The van der Waals surface area contributed by atoms with E-state index in [0.717, 1.165) is 0 Å². The number of nitrogens with one attached hydrogen (secondary N) is 1. The third-order valence-electron chi connectivity index (χ3n) is 4.79. The molecular weight excluding hydrogens is 322 g/mol. The fourth-order valence-electron chi connectivity index (χ4n) is 2.91. The third kappa shape index (κ3) is 3.40. The molecule has 0 saturated carbocycles. The zero-order chi connectivity index (χ0) is 16.4. The molecular formula is C20H24ClNO2. The van der Waals surface area contributed by atoms with Gasteiger partial charge in [0, 0.05) is 6.54 Å². The first-order chi connectivity index (χ1) is 11.0. The number of rotatable bonds is 5. The van der Waals surface area contributed by atoms with Crippen molar-refractivity contribution in [2.24, 2.45) is 0 Å². The van der Waals surface area contributed by atoms with E-state index in [1.807, 2.05) is 19.1 Å². The van der Waals surface area contributed by atoms with E-state index >= 15 is 0 Å². The highest BCUT2D eigenvalue weighted by molar-refractivity contribution is 6.08. The Kier molecular flexibility index (Phi) is 5.83. The minimum Gasteiger partial charge on any atom is -0.394 e. The van der Waals surface area contributed by atoms with Gasteiger partial charge in [0.25, 0.3) is 0 Å². The highest BCUT2D eigenvalue weighted by atomic mass is 35.5. The normalized spacial score (nSPS) is 15.0. The van der Waals surface area contributed by atoms with E-state index in [1.165, 1.54) is 27.1 Å². The minimum absolute atomic E-state index is 0. The number of aliphatic hydroxyl groups excluding tert-OH is 2. The average molecular weight is 346 g/mol. The van der Waals surface area contributed by atoms with Crippen LogP contribution in [0, 0.1) is 0 Å². The van der Waals surface area contributed by atoms with Crippen LogP contribution in [0.4, 0.5) is 0 Å². The predicted octanol–water partition coefficient (Wildman–Crippen LogP) is 3.64. The van der Waals surface area contributed by atoms with Gasteiger partial charge in [0.1, 0.15) is 0 Å². The Balaban J connectivity index is 0.00000208. The summed E-state index contributed by atoms with van der Waals surface area (Å²) in [6, 6.07) is 18.9. The van der Waals surface area contributed by atoms with E-state index in [2.05, 4.69) is 47.8 Å². The van der Waals surface area contributed by atoms with Gasteiger partial charge < -0.3 is 15.5 Å². The molecule has 2 atom stereocenters. The second kappa shape index (κ2) is 7.49. The number of benzene rings is 3. The van der Waals surface area contributed by atoms with E-state index in [4.69, 9.17) is 0 Å². The van der Waals surface area contributed by atoms with Gasteiger partial charge in [-0.25, -0.2) is 0 Å². The molecule has 0 aromatic heterocycles. The lowest BCUT2D eigenvalue weighted by Crippen LogP contribution is -2.53. The molecule has 0 saturated heterocycles. The van der Waals surface area contributed by atoms with Crippen molar-refractivity contribution < 1.29 is 10.2 Å². The number of hydrogen-bond acceptors (Lipinski definition) is 3. The van der Waals surface area contributed by atoms with Crippen LogP contribution in [0.25, 0.3) is 21.5 Å². The summed E-state index contributed by atoms with van der Waals surface area (Å²) in [6.45, 7) is 4.01. The molecule has 3 nitrogen and oxygen atoms in total. The SMILES string of the molecule is CC(O)C(C)(CO)NCc1cc2ccccc2c2ccccc12.Cl. The van der Waals surface area contributed by atoms with Crippen LogP contribution in [0.2, 0.25) is 0 Å². The smallest absolute Gasteiger partial charge is 0.0713 e. The fourth-order valence-corrected chi connectivity index (χ4v) is 2.91. The minimum atomic E-state index is -0.716. The van der Waals surface area contributed by atoms with Crippen LogP contribution in [0.1, 0.15) is 19.4 Å². The summed E-state index contributed by atoms with van der Waals surface area (Å²) >= 11 is 0. The van der Waals surface area contributed by atoms with Crippen LogP contribution in [0.5, 0.6) is 0 Å². The van der Waals surface area contributed by atoms with Crippen LogP contribution in [-0.2, 0) is 6.54 Å². The van der Waals surface area contributed by atoms with Gasteiger partial charge in [-0.1, -0.05) is 48.5 Å². The van der Waals surface area contributed by atoms with Crippen LogP contribution >= 0.6 is 12.4 Å². The molecule has 0 spiro atoms. The van der Waals surface area contributed by atoms with E-state index in [-0.39, 0.29) is 19.0 Å². The standard InChI is InChI=1S/C20H23NO2.ClH/c1-14(23)20(2,13-22)21-12-16-11-15-7-3-4-8-17(15)19-10-6-5-9-18(16)19;/h3-11,14,21-23H,12-13H2,1-2H3;1H. The van der Waals surface area contributed by atoms with Gasteiger partial charge in [-0.2, -0.15) is 0 Å². The van der Waals surface area contributed by atoms with Crippen LogP contribution in [0.15, 0.2) is 54.6 Å². The number of hydrogen-bond donors (Lipinski definition) is 3. The lowest BCUT2D eigenvalue weighted by molar-refractivity contribution is 0.0404. The van der Waals surface area contributed by atoms with Crippen LogP contribution in [0.3, 0.4) is 0 Å². The molecule has 0 aliphatic rings.